The molecule has 3 aromatic heterocycles. The molecule has 0 amide bonds. The Bertz CT molecular complexity index is 1160. The number of aromatic amines is 1. The van der Waals surface area contributed by atoms with Crippen LogP contribution in [0.4, 0.5) is 0 Å². The molecule has 6 heteroatoms. The Kier molecular flexibility index (Phi) is 4.05. The van der Waals surface area contributed by atoms with Crippen LogP contribution >= 0.6 is 11.3 Å². The molecule has 0 aliphatic carbocycles. The third-order valence-corrected chi connectivity index (χ3v) is 5.33. The molecule has 0 unspecified atom stereocenters. The van der Waals surface area contributed by atoms with Gasteiger partial charge in [0, 0.05) is 16.6 Å². The van der Waals surface area contributed by atoms with E-state index in [2.05, 4.69) is 15.0 Å². The van der Waals surface area contributed by atoms with E-state index in [0.717, 1.165) is 32.1 Å². The van der Waals surface area contributed by atoms with Gasteiger partial charge in [-0.3, -0.25) is 9.78 Å². The van der Waals surface area contributed by atoms with Crippen LogP contribution in [0.2, 0.25) is 0 Å². The minimum absolute atomic E-state index is 0.150. The van der Waals surface area contributed by atoms with Gasteiger partial charge in [-0.2, -0.15) is 0 Å². The van der Waals surface area contributed by atoms with Gasteiger partial charge in [0.1, 0.15) is 16.3 Å². The number of H-pyrrole nitrogens is 1. The summed E-state index contributed by atoms with van der Waals surface area (Å²) in [5.74, 6) is 1.32. The summed E-state index contributed by atoms with van der Waals surface area (Å²) in [5.41, 5.74) is 3.45. The minimum Gasteiger partial charge on any atom is -0.496 e. The van der Waals surface area contributed by atoms with Crippen LogP contribution in [-0.4, -0.2) is 22.1 Å². The maximum atomic E-state index is 12.8. The van der Waals surface area contributed by atoms with Gasteiger partial charge in [0.05, 0.1) is 12.5 Å². The second-order valence-corrected chi connectivity index (χ2v) is 7.23. The van der Waals surface area contributed by atoms with E-state index >= 15 is 0 Å². The van der Waals surface area contributed by atoms with Gasteiger partial charge in [0.25, 0.3) is 5.56 Å². The number of nitrogens with zero attached hydrogens (tertiary/aromatic N) is 2. The van der Waals surface area contributed by atoms with Crippen molar-refractivity contribution in [3.8, 4) is 28.4 Å². The van der Waals surface area contributed by atoms with Gasteiger partial charge in [-0.25, -0.2) is 4.98 Å². The summed E-state index contributed by atoms with van der Waals surface area (Å²) in [7, 11) is 1.65. The highest BCUT2D eigenvalue weighted by molar-refractivity contribution is 7.19. The van der Waals surface area contributed by atoms with Gasteiger partial charge in [0.2, 0.25) is 0 Å². The molecule has 1 aromatic carbocycles. The highest BCUT2D eigenvalue weighted by Crippen LogP contribution is 2.37. The lowest BCUT2D eigenvalue weighted by Crippen LogP contribution is -2.09. The summed E-state index contributed by atoms with van der Waals surface area (Å²) in [6, 6.07) is 11.5. The molecule has 1 N–H and O–H groups in total. The summed E-state index contributed by atoms with van der Waals surface area (Å²) in [6.07, 6.45) is 1.69. The Labute approximate surface area is 154 Å². The minimum atomic E-state index is -0.150. The molecular weight excluding hydrogens is 346 g/mol. The Morgan fingerprint density at radius 3 is 2.69 bits per heavy atom. The molecule has 0 saturated heterocycles. The van der Waals surface area contributed by atoms with Crippen LogP contribution in [-0.2, 0) is 0 Å². The molecule has 0 aliphatic heterocycles. The first-order valence-electron chi connectivity index (χ1n) is 8.18. The highest BCUT2D eigenvalue weighted by Gasteiger charge is 2.18. The van der Waals surface area contributed by atoms with Crippen LogP contribution in [0.1, 0.15) is 10.4 Å². The number of ether oxygens (including phenoxy) is 1. The smallest absolute Gasteiger partial charge is 0.260 e. The van der Waals surface area contributed by atoms with Crippen molar-refractivity contribution in [1.29, 1.82) is 0 Å². The Morgan fingerprint density at radius 1 is 1.15 bits per heavy atom. The maximum absolute atomic E-state index is 12.8. The first-order chi connectivity index (χ1) is 12.6. The number of thiophene rings is 1. The Balaban J connectivity index is 1.94. The lowest BCUT2D eigenvalue weighted by Gasteiger charge is -2.08. The zero-order valence-corrected chi connectivity index (χ0v) is 15.5. The number of aryl methyl sites for hydroxylation is 2. The van der Waals surface area contributed by atoms with Crippen molar-refractivity contribution in [3.05, 3.63) is 63.4 Å². The Morgan fingerprint density at radius 2 is 2.00 bits per heavy atom. The molecule has 0 fully saturated rings. The fourth-order valence-corrected chi connectivity index (χ4v) is 4.17. The second kappa shape index (κ2) is 6.38. The van der Waals surface area contributed by atoms with Crippen molar-refractivity contribution in [3.63, 3.8) is 0 Å². The van der Waals surface area contributed by atoms with E-state index in [1.165, 1.54) is 11.3 Å². The van der Waals surface area contributed by atoms with E-state index in [1.807, 2.05) is 50.2 Å². The molecule has 0 bridgehead atoms. The molecule has 0 spiro atoms. The van der Waals surface area contributed by atoms with E-state index in [1.54, 1.807) is 13.3 Å². The SMILES string of the molecule is COc1ccc(-c2c(C)sc3nc(-c4ccccn4)[nH]c(=O)c23)cc1C. The number of rotatable bonds is 3. The van der Waals surface area contributed by atoms with E-state index < -0.39 is 0 Å². The molecule has 26 heavy (non-hydrogen) atoms. The molecule has 0 atom stereocenters. The van der Waals surface area contributed by atoms with E-state index in [-0.39, 0.29) is 5.56 Å². The monoisotopic (exact) mass is 363 g/mol. The molecule has 0 saturated carbocycles. The average molecular weight is 363 g/mol. The largest absolute Gasteiger partial charge is 0.496 e. The van der Waals surface area contributed by atoms with Gasteiger partial charge in [-0.05, 0) is 49.2 Å². The standard InChI is InChI=1S/C20H17N3O2S/c1-11-10-13(7-8-15(11)25-3)16-12(2)26-20-17(16)19(24)22-18(23-20)14-6-4-5-9-21-14/h4-10H,1-3H3,(H,22,23,24). The van der Waals surface area contributed by atoms with Crippen LogP contribution in [0.15, 0.2) is 47.4 Å². The normalized spacial score (nSPS) is 11.0. The average Bonchev–Trinajstić information content (AvgIpc) is 2.98. The third kappa shape index (κ3) is 2.68. The lowest BCUT2D eigenvalue weighted by molar-refractivity contribution is 0.412. The van der Waals surface area contributed by atoms with E-state index in [9.17, 15) is 4.79 Å². The van der Waals surface area contributed by atoms with E-state index in [0.29, 0.717) is 16.9 Å². The maximum Gasteiger partial charge on any atom is 0.260 e. The summed E-state index contributed by atoms with van der Waals surface area (Å²) < 4.78 is 5.34. The van der Waals surface area contributed by atoms with Gasteiger partial charge >= 0.3 is 0 Å². The second-order valence-electron chi connectivity index (χ2n) is 6.03. The molecular formula is C20H17N3O2S. The predicted octanol–water partition coefficient (Wildman–Crippen LogP) is 4.34. The quantitative estimate of drug-likeness (QED) is 0.588. The Hall–Kier alpha value is -2.99. The summed E-state index contributed by atoms with van der Waals surface area (Å²) in [6.45, 7) is 4.01. The van der Waals surface area contributed by atoms with Crippen molar-refractivity contribution < 1.29 is 4.74 Å². The zero-order valence-electron chi connectivity index (χ0n) is 14.7. The molecule has 4 aromatic rings. The fourth-order valence-electron chi connectivity index (χ4n) is 3.12. The van der Waals surface area contributed by atoms with Crippen LogP contribution in [0, 0.1) is 13.8 Å². The van der Waals surface area contributed by atoms with Gasteiger partial charge in [-0.1, -0.05) is 12.1 Å². The molecule has 0 radical (unpaired) electrons. The highest BCUT2D eigenvalue weighted by atomic mass is 32.1. The number of benzene rings is 1. The summed E-state index contributed by atoms with van der Waals surface area (Å²) in [4.78, 5) is 26.4. The topological polar surface area (TPSA) is 67.9 Å². The first-order valence-corrected chi connectivity index (χ1v) is 9.00. The number of hydrogen-bond acceptors (Lipinski definition) is 5. The van der Waals surface area contributed by atoms with Crippen LogP contribution in [0.5, 0.6) is 5.75 Å². The van der Waals surface area contributed by atoms with E-state index in [4.69, 9.17) is 4.74 Å². The van der Waals surface area contributed by atoms with Crippen molar-refractivity contribution >= 4 is 21.6 Å². The van der Waals surface area contributed by atoms with Crippen molar-refractivity contribution in [2.75, 3.05) is 7.11 Å². The molecule has 4 rings (SSSR count). The zero-order chi connectivity index (χ0) is 18.3. The third-order valence-electron chi connectivity index (χ3n) is 4.33. The van der Waals surface area contributed by atoms with Crippen LogP contribution in [0.25, 0.3) is 32.9 Å². The lowest BCUT2D eigenvalue weighted by atomic mass is 10.0. The molecule has 3 heterocycles. The number of fused-ring (bicyclic) bond motifs is 1. The number of hydrogen-bond donors (Lipinski definition) is 1. The van der Waals surface area contributed by atoms with Gasteiger partial charge in [0.15, 0.2) is 5.82 Å². The fraction of sp³-hybridized carbons (Fsp3) is 0.150. The van der Waals surface area contributed by atoms with Crippen LogP contribution < -0.4 is 10.3 Å². The number of methoxy groups -OCH3 is 1. The van der Waals surface area contributed by atoms with Crippen molar-refractivity contribution in [2.24, 2.45) is 0 Å². The first kappa shape index (κ1) is 16.5. The van der Waals surface area contributed by atoms with Crippen molar-refractivity contribution in [2.45, 2.75) is 13.8 Å². The van der Waals surface area contributed by atoms with Gasteiger partial charge in [-0.15, -0.1) is 11.3 Å². The predicted molar refractivity (Wildman–Crippen MR) is 105 cm³/mol. The molecule has 0 aliphatic rings. The van der Waals surface area contributed by atoms with Crippen LogP contribution in [0.3, 0.4) is 0 Å². The molecule has 5 nitrogen and oxygen atoms in total. The summed E-state index contributed by atoms with van der Waals surface area (Å²) >= 11 is 1.52. The number of pyridine rings is 1. The van der Waals surface area contributed by atoms with Gasteiger partial charge < -0.3 is 9.72 Å². The number of nitrogens with one attached hydrogen (secondary N) is 1. The van der Waals surface area contributed by atoms with Crippen molar-refractivity contribution in [1.82, 2.24) is 15.0 Å². The number of aromatic nitrogens is 3. The summed E-state index contributed by atoms with van der Waals surface area (Å²) in [5, 5.41) is 0.622. The molecule has 130 valence electrons.